The van der Waals surface area contributed by atoms with Crippen LogP contribution in [-0.4, -0.2) is 48.3 Å². The van der Waals surface area contributed by atoms with E-state index in [-0.39, 0.29) is 0 Å². The molecule has 1 aliphatic heterocycles. The maximum absolute atomic E-state index is 10.2. The van der Waals surface area contributed by atoms with Crippen molar-refractivity contribution in [2.75, 3.05) is 32.7 Å². The standard InChI is InChI=1S/C10H22N2O/c1-3-12(4-2)9-10(13)6-5-7-11-8-10/h11,13H,3-9H2,1-2H3/t10-/m0/s1. The summed E-state index contributed by atoms with van der Waals surface area (Å²) < 4.78 is 0. The van der Waals surface area contributed by atoms with Crippen LogP contribution >= 0.6 is 0 Å². The average molecular weight is 186 g/mol. The molecule has 0 radical (unpaired) electrons. The summed E-state index contributed by atoms with van der Waals surface area (Å²) >= 11 is 0. The Kier molecular flexibility index (Phi) is 4.16. The van der Waals surface area contributed by atoms with Crippen LogP contribution in [0.2, 0.25) is 0 Å². The van der Waals surface area contributed by atoms with Gasteiger partial charge in [-0.05, 0) is 32.5 Å². The van der Waals surface area contributed by atoms with Crippen LogP contribution in [0.15, 0.2) is 0 Å². The molecule has 1 rings (SSSR count). The Hall–Kier alpha value is -0.120. The highest BCUT2D eigenvalue weighted by atomic mass is 16.3. The molecule has 1 atom stereocenters. The lowest BCUT2D eigenvalue weighted by molar-refractivity contribution is -0.0131. The molecule has 3 heteroatoms. The fourth-order valence-corrected chi connectivity index (χ4v) is 1.95. The smallest absolute Gasteiger partial charge is 0.0898 e. The highest BCUT2D eigenvalue weighted by Crippen LogP contribution is 2.17. The zero-order valence-corrected chi connectivity index (χ0v) is 8.84. The molecule has 2 N–H and O–H groups in total. The van der Waals surface area contributed by atoms with Crippen molar-refractivity contribution >= 4 is 0 Å². The van der Waals surface area contributed by atoms with Crippen molar-refractivity contribution < 1.29 is 5.11 Å². The molecular weight excluding hydrogens is 164 g/mol. The fraction of sp³-hybridized carbons (Fsp3) is 1.00. The van der Waals surface area contributed by atoms with Crippen LogP contribution in [0.3, 0.4) is 0 Å². The van der Waals surface area contributed by atoms with Gasteiger partial charge in [0, 0.05) is 13.1 Å². The molecule has 0 aromatic carbocycles. The van der Waals surface area contributed by atoms with E-state index >= 15 is 0 Å². The Balaban J connectivity index is 2.39. The van der Waals surface area contributed by atoms with Crippen molar-refractivity contribution in [1.29, 1.82) is 0 Å². The van der Waals surface area contributed by atoms with E-state index in [1.165, 1.54) is 0 Å². The zero-order valence-electron chi connectivity index (χ0n) is 8.84. The van der Waals surface area contributed by atoms with Gasteiger partial charge in [0.2, 0.25) is 0 Å². The summed E-state index contributed by atoms with van der Waals surface area (Å²) in [6, 6.07) is 0. The highest BCUT2D eigenvalue weighted by molar-refractivity contribution is 4.87. The second kappa shape index (κ2) is 4.94. The van der Waals surface area contributed by atoms with Gasteiger partial charge in [0.25, 0.3) is 0 Å². The van der Waals surface area contributed by atoms with Gasteiger partial charge in [-0.15, -0.1) is 0 Å². The second-order valence-corrected chi connectivity index (χ2v) is 3.97. The van der Waals surface area contributed by atoms with Crippen LogP contribution in [0, 0.1) is 0 Å². The number of nitrogens with zero attached hydrogens (tertiary/aromatic N) is 1. The lowest BCUT2D eigenvalue weighted by atomic mass is 9.93. The first-order chi connectivity index (χ1) is 6.20. The Labute approximate surface area is 81.1 Å². The van der Waals surface area contributed by atoms with Gasteiger partial charge in [0.15, 0.2) is 0 Å². The Bertz CT molecular complexity index is 140. The molecule has 0 saturated carbocycles. The van der Waals surface area contributed by atoms with Crippen LogP contribution < -0.4 is 5.32 Å². The molecule has 1 saturated heterocycles. The van der Waals surface area contributed by atoms with Gasteiger partial charge in [-0.3, -0.25) is 0 Å². The average Bonchev–Trinajstić information content (AvgIpc) is 2.15. The largest absolute Gasteiger partial charge is 0.387 e. The quantitative estimate of drug-likeness (QED) is 0.669. The molecule has 0 aromatic heterocycles. The molecule has 0 amide bonds. The minimum Gasteiger partial charge on any atom is -0.387 e. The predicted molar refractivity (Wildman–Crippen MR) is 54.8 cm³/mol. The van der Waals surface area contributed by atoms with Crippen molar-refractivity contribution in [1.82, 2.24) is 10.2 Å². The van der Waals surface area contributed by atoms with E-state index in [0.717, 1.165) is 45.6 Å². The van der Waals surface area contributed by atoms with Crippen LogP contribution in [-0.2, 0) is 0 Å². The number of hydrogen-bond donors (Lipinski definition) is 2. The zero-order chi connectivity index (χ0) is 9.73. The molecule has 0 unspecified atom stereocenters. The first-order valence-corrected chi connectivity index (χ1v) is 5.35. The maximum atomic E-state index is 10.2. The van der Waals surface area contributed by atoms with E-state index in [1.807, 2.05) is 0 Å². The monoisotopic (exact) mass is 186 g/mol. The number of hydrogen-bond acceptors (Lipinski definition) is 3. The van der Waals surface area contributed by atoms with Crippen LogP contribution in [0.25, 0.3) is 0 Å². The lowest BCUT2D eigenvalue weighted by Crippen LogP contribution is -2.52. The SMILES string of the molecule is CCN(CC)C[C@]1(O)CCCNC1. The summed E-state index contributed by atoms with van der Waals surface area (Å²) in [7, 11) is 0. The van der Waals surface area contributed by atoms with E-state index in [0.29, 0.717) is 0 Å². The third-order valence-corrected chi connectivity index (χ3v) is 2.86. The predicted octanol–water partition coefficient (Wildman–Crippen LogP) is 0.443. The van der Waals surface area contributed by atoms with E-state index in [9.17, 15) is 5.11 Å². The molecule has 3 nitrogen and oxygen atoms in total. The van der Waals surface area contributed by atoms with Gasteiger partial charge in [0.05, 0.1) is 5.60 Å². The molecular formula is C10H22N2O. The van der Waals surface area contributed by atoms with Gasteiger partial charge < -0.3 is 15.3 Å². The number of rotatable bonds is 4. The van der Waals surface area contributed by atoms with Crippen molar-refractivity contribution in [3.05, 3.63) is 0 Å². The summed E-state index contributed by atoms with van der Waals surface area (Å²) in [5.41, 5.74) is -0.482. The summed E-state index contributed by atoms with van der Waals surface area (Å²) in [5.74, 6) is 0. The molecule has 1 heterocycles. The van der Waals surface area contributed by atoms with Crippen molar-refractivity contribution in [3.8, 4) is 0 Å². The first-order valence-electron chi connectivity index (χ1n) is 5.35. The molecule has 78 valence electrons. The Morgan fingerprint density at radius 2 is 2.08 bits per heavy atom. The molecule has 1 aliphatic rings. The number of nitrogens with one attached hydrogen (secondary N) is 1. The molecule has 0 bridgehead atoms. The fourth-order valence-electron chi connectivity index (χ4n) is 1.95. The van der Waals surface area contributed by atoms with Gasteiger partial charge in [-0.2, -0.15) is 0 Å². The summed E-state index contributed by atoms with van der Waals surface area (Å²) in [4.78, 5) is 2.28. The Morgan fingerprint density at radius 3 is 2.54 bits per heavy atom. The number of aliphatic hydroxyl groups is 1. The first kappa shape index (κ1) is 11.0. The summed E-state index contributed by atoms with van der Waals surface area (Å²) in [6.45, 7) is 8.96. The van der Waals surface area contributed by atoms with Crippen molar-refractivity contribution in [2.45, 2.75) is 32.3 Å². The van der Waals surface area contributed by atoms with Gasteiger partial charge in [0.1, 0.15) is 0 Å². The van der Waals surface area contributed by atoms with Crippen LogP contribution in [0.1, 0.15) is 26.7 Å². The van der Waals surface area contributed by atoms with E-state index in [1.54, 1.807) is 0 Å². The van der Waals surface area contributed by atoms with Gasteiger partial charge >= 0.3 is 0 Å². The minimum absolute atomic E-state index is 0.482. The second-order valence-electron chi connectivity index (χ2n) is 3.97. The molecule has 0 spiro atoms. The van der Waals surface area contributed by atoms with Crippen LogP contribution in [0.4, 0.5) is 0 Å². The van der Waals surface area contributed by atoms with Crippen LogP contribution in [0.5, 0.6) is 0 Å². The number of likely N-dealkylation sites (N-methyl/N-ethyl adjacent to an activating group) is 1. The summed E-state index contributed by atoms with van der Waals surface area (Å²) in [6.07, 6.45) is 2.04. The lowest BCUT2D eigenvalue weighted by Gasteiger charge is -2.36. The maximum Gasteiger partial charge on any atom is 0.0898 e. The third-order valence-electron chi connectivity index (χ3n) is 2.86. The van der Waals surface area contributed by atoms with Crippen molar-refractivity contribution in [2.24, 2.45) is 0 Å². The van der Waals surface area contributed by atoms with Gasteiger partial charge in [-0.25, -0.2) is 0 Å². The van der Waals surface area contributed by atoms with E-state index in [2.05, 4.69) is 24.1 Å². The van der Waals surface area contributed by atoms with Gasteiger partial charge in [-0.1, -0.05) is 13.8 Å². The van der Waals surface area contributed by atoms with Crippen molar-refractivity contribution in [3.63, 3.8) is 0 Å². The van der Waals surface area contributed by atoms with E-state index < -0.39 is 5.60 Å². The Morgan fingerprint density at radius 1 is 1.38 bits per heavy atom. The summed E-state index contributed by atoms with van der Waals surface area (Å²) in [5, 5.41) is 13.5. The minimum atomic E-state index is -0.482. The number of β-amino-alcohol motifs (C(OH)–C–C–N with tert-alkyl or cyclic N) is 1. The normalized spacial score (nSPS) is 29.5. The molecule has 0 aliphatic carbocycles. The third kappa shape index (κ3) is 3.25. The topological polar surface area (TPSA) is 35.5 Å². The highest BCUT2D eigenvalue weighted by Gasteiger charge is 2.30. The molecule has 13 heavy (non-hydrogen) atoms. The van der Waals surface area contributed by atoms with E-state index in [4.69, 9.17) is 0 Å². The molecule has 0 aromatic rings. The number of piperidine rings is 1. The molecule has 1 fully saturated rings.